The van der Waals surface area contributed by atoms with Crippen molar-refractivity contribution in [2.24, 2.45) is 15.0 Å². The first-order chi connectivity index (χ1) is 62.4. The van der Waals surface area contributed by atoms with Crippen molar-refractivity contribution in [1.29, 1.82) is 0 Å². The van der Waals surface area contributed by atoms with E-state index in [-0.39, 0.29) is 56.8 Å². The molecule has 30 heteroatoms. The molecule has 0 radical (unpaired) electrons. The fourth-order valence-electron chi connectivity index (χ4n) is 16.6. The number of aryl methyl sites for hydroxylation is 6. The van der Waals surface area contributed by atoms with Crippen LogP contribution in [0, 0.1) is 41.5 Å². The third-order valence-electron chi connectivity index (χ3n) is 23.6. The van der Waals surface area contributed by atoms with Gasteiger partial charge < -0.3 is 70.1 Å². The number of H-pyrrole nitrogens is 4. The van der Waals surface area contributed by atoms with Crippen molar-refractivity contribution in [2.75, 3.05) is 65.8 Å². The van der Waals surface area contributed by atoms with Gasteiger partial charge in [0, 0.05) is 94.8 Å². The standard InChI is InChI=1S/C30H31N5O2.C25H26ClN5O3.C23H23N5O3.C21H21N5O/c1-19-15-25-26(17-27(19)37-24-9-5-6-10-24)35(29-28(34-25)30(36)33-20(2)32-29)14-13-31-18-21-11-12-22-7-3-4-8-23(22)16-21;1-15-12-19-20(13-21(15)34-18-4-2-3-5-18)31(23-22(28-19)24(32)30-25(33)29-23)11-10-27-14-16-6-8-17(26)9-7-16;1-13-10-18-19(11-14(13)2)28(21-20(27-18)22(29)26-15(3)25-21)9-8-24-12-16-6-4-5-7-17(16)23(30)31;1-13-11-17-18(12-14(13)2)26(10-9-22-16-7-5-4-6-8-16)20-19(25-17)21(27)24-15(3)23-20/h3-4,7-8,11-12,15-17,24,31H,2,5-6,9-10,13-14,18H2,1H3,(H,33,36);6-9,12-13,18,27H,2-5,10-11,14H2,1H3,(H,30,32,33);4-7,10-11,24H,3,8-9,12H2,1-2H3,(H,26,29)(H,30,31);4-8,11-12,22H,3,9-10H2,1-2H3,(H,24,27). The topological polar surface area (TPSA) is 369 Å². The maximum Gasteiger partial charge on any atom is 0.349 e. The SMILES string of the molecule is C=c1nc2c(c(=O)[nH]1)=Nc1cc(C)c(C)cc1N2CCNCc1ccccc1C(=O)O.C=c1nc2c(c(=O)[nH]1)=Nc1cc(C)c(C)cc1N2CCNc1ccccc1.C=c1nc2c(c(=O)[nH]1)=Nc1cc(C)c(OC3CCCC3)cc1N2CCNCc1ccc2ccccc2c1.Cc1cc2nc3c(=O)[nH]c(=O)nc-3n(CCNCc3ccc(Cl)cc3)c2cc1OC1CCCC1. The molecule has 0 amide bonds. The number of fused-ring (bicyclic) bond motifs is 9. The van der Waals surface area contributed by atoms with Crippen LogP contribution in [0.3, 0.4) is 0 Å². The predicted octanol–water partition coefficient (Wildman–Crippen LogP) is 11.8. The zero-order valence-corrected chi connectivity index (χ0v) is 73.6. The first-order valence-electron chi connectivity index (χ1n) is 43.4. The minimum Gasteiger partial charge on any atom is -0.490 e. The molecule has 5 aliphatic heterocycles. The van der Waals surface area contributed by atoms with Crippen molar-refractivity contribution in [2.45, 2.75) is 131 Å². The van der Waals surface area contributed by atoms with Crippen LogP contribution >= 0.6 is 11.6 Å². The summed E-state index contributed by atoms with van der Waals surface area (Å²) in [6, 6.07) is 55.6. The predicted molar refractivity (Wildman–Crippen MR) is 507 cm³/mol. The Morgan fingerprint density at radius 1 is 0.457 bits per heavy atom. The van der Waals surface area contributed by atoms with E-state index in [0.29, 0.717) is 121 Å². The van der Waals surface area contributed by atoms with Gasteiger partial charge in [-0.3, -0.25) is 24.2 Å². The highest BCUT2D eigenvalue weighted by atomic mass is 35.5. The Labute approximate surface area is 746 Å². The number of carbonyl (C=O) groups is 1. The molecule has 3 aromatic heterocycles. The third-order valence-corrected chi connectivity index (χ3v) is 23.8. The van der Waals surface area contributed by atoms with Crippen LogP contribution in [0.5, 0.6) is 11.5 Å². The van der Waals surface area contributed by atoms with Crippen LogP contribution in [-0.4, -0.2) is 119 Å². The van der Waals surface area contributed by atoms with Crippen molar-refractivity contribution >= 4 is 116 Å². The van der Waals surface area contributed by atoms with E-state index in [1.54, 1.807) is 18.2 Å². The van der Waals surface area contributed by atoms with Crippen LogP contribution < -0.4 is 106 Å². The van der Waals surface area contributed by atoms with E-state index in [0.717, 1.165) is 122 Å². The molecule has 8 heterocycles. The summed E-state index contributed by atoms with van der Waals surface area (Å²) in [7, 11) is 0. The summed E-state index contributed by atoms with van der Waals surface area (Å²) in [6.45, 7) is 30.2. The lowest BCUT2D eigenvalue weighted by molar-refractivity contribution is 0.0695. The molecule has 7 aliphatic rings. The zero-order valence-electron chi connectivity index (χ0n) is 72.8. The number of anilines is 7. The summed E-state index contributed by atoms with van der Waals surface area (Å²) < 4.78 is 14.6. The van der Waals surface area contributed by atoms with Crippen LogP contribution in [-0.2, 0) is 26.2 Å². The number of hydrogen-bond acceptors (Lipinski definition) is 23. The van der Waals surface area contributed by atoms with Crippen molar-refractivity contribution in [1.82, 2.24) is 65.4 Å². The molecule has 0 spiro atoms. The molecule has 0 unspecified atom stereocenters. The number of para-hydroxylation sites is 1. The average molecular weight is 1750 g/mol. The van der Waals surface area contributed by atoms with Crippen LogP contribution in [0.25, 0.3) is 53.1 Å². The normalized spacial score (nSPS) is 13.5. The van der Waals surface area contributed by atoms with Gasteiger partial charge in [0.15, 0.2) is 45.0 Å². The molecule has 129 heavy (non-hydrogen) atoms. The number of carboxylic acid groups (broad SMARTS) is 1. The highest BCUT2D eigenvalue weighted by Crippen LogP contribution is 2.42. The van der Waals surface area contributed by atoms with E-state index in [4.69, 9.17) is 21.1 Å². The van der Waals surface area contributed by atoms with Gasteiger partial charge in [0.2, 0.25) is 0 Å². The van der Waals surface area contributed by atoms with Crippen LogP contribution in [0.1, 0.15) is 112 Å². The first kappa shape index (κ1) is 88.1. The van der Waals surface area contributed by atoms with Gasteiger partial charge in [-0.2, -0.15) is 4.98 Å². The number of hydrogen-bond donors (Lipinski definition) is 9. The number of rotatable bonds is 24. The number of nitrogens with zero attached hydrogens (tertiary/aromatic N) is 12. The fraction of sp³-hybridized carbons (Fsp3) is 0.273. The molecule has 0 bridgehead atoms. The second-order valence-corrected chi connectivity index (χ2v) is 33.3. The molecule has 9 aromatic carbocycles. The quantitative estimate of drug-likeness (QED) is 0.0200. The summed E-state index contributed by atoms with van der Waals surface area (Å²) in [4.78, 5) is 126. The van der Waals surface area contributed by atoms with Crippen molar-refractivity contribution in [3.63, 3.8) is 0 Å². The second-order valence-electron chi connectivity index (χ2n) is 32.9. The van der Waals surface area contributed by atoms with Gasteiger partial charge in [-0.15, -0.1) is 0 Å². The van der Waals surface area contributed by atoms with Crippen molar-refractivity contribution in [3.05, 3.63) is 315 Å². The highest BCUT2D eigenvalue weighted by molar-refractivity contribution is 6.30. The van der Waals surface area contributed by atoms with Gasteiger partial charge in [0.25, 0.3) is 22.2 Å². The average Bonchev–Trinajstić information content (AvgIpc) is 1.02. The molecule has 29 nitrogen and oxygen atoms in total. The van der Waals surface area contributed by atoms with E-state index in [2.05, 4.69) is 167 Å². The fourth-order valence-corrected chi connectivity index (χ4v) is 16.8. The minimum atomic E-state index is -0.949. The third kappa shape index (κ3) is 20.4. The van der Waals surface area contributed by atoms with Gasteiger partial charge >= 0.3 is 11.7 Å². The molecule has 19 rings (SSSR count). The Hall–Kier alpha value is -14.4. The van der Waals surface area contributed by atoms with Crippen molar-refractivity contribution in [3.8, 4) is 23.0 Å². The lowest BCUT2D eigenvalue weighted by atomic mass is 10.1. The Morgan fingerprint density at radius 3 is 1.47 bits per heavy atom. The zero-order chi connectivity index (χ0) is 90.1. The van der Waals surface area contributed by atoms with E-state index < -0.39 is 17.2 Å². The smallest absolute Gasteiger partial charge is 0.349 e. The molecule has 12 aromatic rings. The van der Waals surface area contributed by atoms with Crippen LogP contribution in [0.4, 0.5) is 57.3 Å². The summed E-state index contributed by atoms with van der Waals surface area (Å²) in [5.41, 5.74) is 16.3. The molecule has 2 saturated carbocycles. The highest BCUT2D eigenvalue weighted by Gasteiger charge is 2.30. The number of aromatic nitrogens is 10. The maximum atomic E-state index is 12.7. The van der Waals surface area contributed by atoms with Crippen molar-refractivity contribution < 1.29 is 19.4 Å². The minimum absolute atomic E-state index is 0.147. The molecule has 2 aliphatic carbocycles. The molecule has 0 saturated heterocycles. The number of carboxylic acids is 1. The van der Waals surface area contributed by atoms with Gasteiger partial charge in [-0.25, -0.2) is 44.5 Å². The molecule has 9 N–H and O–H groups in total. The van der Waals surface area contributed by atoms with Gasteiger partial charge in [-0.1, -0.05) is 116 Å². The molecule has 0 atom stereocenters. The van der Waals surface area contributed by atoms with Crippen LogP contribution in [0.2, 0.25) is 5.02 Å². The monoisotopic (exact) mass is 1750 g/mol. The van der Waals surface area contributed by atoms with E-state index in [1.165, 1.54) is 47.6 Å². The first-order valence-corrected chi connectivity index (χ1v) is 43.7. The van der Waals surface area contributed by atoms with E-state index in [1.807, 2.05) is 146 Å². The van der Waals surface area contributed by atoms with Crippen LogP contribution in [0.15, 0.2) is 209 Å². The lowest BCUT2D eigenvalue weighted by Gasteiger charge is -2.29. The summed E-state index contributed by atoms with van der Waals surface area (Å²) in [6.07, 6.45) is 9.56. The Balaban J connectivity index is 0.000000127. The number of halogens is 1. The number of aromatic amines is 4. The Kier molecular flexibility index (Phi) is 26.8. The number of aromatic carboxylic acids is 1. The van der Waals surface area contributed by atoms with Gasteiger partial charge in [0.05, 0.1) is 62.9 Å². The lowest BCUT2D eigenvalue weighted by Crippen LogP contribution is -2.43. The number of nitrogens with one attached hydrogen (secondary N) is 8. The summed E-state index contributed by atoms with van der Waals surface area (Å²) >= 11 is 5.97. The summed E-state index contributed by atoms with van der Waals surface area (Å²) in [5, 5.41) is 27.1. The Bertz CT molecular complexity index is 7280. The Morgan fingerprint density at radius 2 is 0.915 bits per heavy atom. The maximum absolute atomic E-state index is 12.7. The van der Waals surface area contributed by atoms with Gasteiger partial charge in [0.1, 0.15) is 27.9 Å². The number of ether oxygens (including phenoxy) is 2. The molecule has 2 fully saturated rings. The largest absolute Gasteiger partial charge is 0.490 e. The van der Waals surface area contributed by atoms with E-state index >= 15 is 0 Å². The number of benzene rings is 9. The van der Waals surface area contributed by atoms with Gasteiger partial charge in [-0.05, 0) is 227 Å². The second kappa shape index (κ2) is 39.2. The van der Waals surface area contributed by atoms with E-state index in [9.17, 15) is 33.9 Å². The molecular weight excluding hydrogens is 1650 g/mol. The molecule has 658 valence electrons. The summed E-state index contributed by atoms with van der Waals surface area (Å²) in [5.74, 6) is 2.55. The molecular formula is C99H101ClN20O9.